The lowest BCUT2D eigenvalue weighted by molar-refractivity contribution is -0.135. The van der Waals surface area contributed by atoms with Crippen molar-refractivity contribution in [2.45, 2.75) is 64.5 Å². The predicted octanol–water partition coefficient (Wildman–Crippen LogP) is 1.28. The van der Waals surface area contributed by atoms with E-state index in [4.69, 9.17) is 0 Å². The first-order chi connectivity index (χ1) is 10.1. The normalized spacial score (nSPS) is 24.7. The second kappa shape index (κ2) is 7.78. The summed E-state index contributed by atoms with van der Waals surface area (Å²) in [6.07, 6.45) is 6.20. The minimum atomic E-state index is -0.0252. The summed E-state index contributed by atoms with van der Waals surface area (Å²) < 4.78 is 0. The third-order valence-corrected chi connectivity index (χ3v) is 4.52. The van der Waals surface area contributed by atoms with Gasteiger partial charge in [-0.2, -0.15) is 0 Å². The highest BCUT2D eigenvalue weighted by Crippen LogP contribution is 2.14. The van der Waals surface area contributed by atoms with Crippen LogP contribution in [0.4, 0.5) is 0 Å². The molecule has 0 saturated carbocycles. The largest absolute Gasteiger partial charge is 0.352 e. The summed E-state index contributed by atoms with van der Waals surface area (Å²) in [5, 5.41) is 6.50. The average Bonchev–Trinajstić information content (AvgIpc) is 2.76. The van der Waals surface area contributed by atoms with Crippen LogP contribution in [0.5, 0.6) is 0 Å². The van der Waals surface area contributed by atoms with Crippen molar-refractivity contribution >= 4 is 11.8 Å². The Morgan fingerprint density at radius 3 is 2.48 bits per heavy atom. The van der Waals surface area contributed by atoms with E-state index in [1.807, 2.05) is 18.7 Å². The van der Waals surface area contributed by atoms with Gasteiger partial charge in [0.05, 0.1) is 6.04 Å². The van der Waals surface area contributed by atoms with Gasteiger partial charge in [0.25, 0.3) is 0 Å². The number of likely N-dealkylation sites (tertiary alicyclic amines) is 1. The van der Waals surface area contributed by atoms with Gasteiger partial charge in [0.1, 0.15) is 0 Å². The smallest absolute Gasteiger partial charge is 0.237 e. The summed E-state index contributed by atoms with van der Waals surface area (Å²) in [6, 6.07) is 0.196. The summed E-state index contributed by atoms with van der Waals surface area (Å²) in [6.45, 7) is 6.35. The van der Waals surface area contributed by atoms with E-state index in [-0.39, 0.29) is 29.8 Å². The minimum Gasteiger partial charge on any atom is -0.352 e. The fourth-order valence-electron chi connectivity index (χ4n) is 3.16. The Morgan fingerprint density at radius 1 is 1.10 bits per heavy atom. The van der Waals surface area contributed by atoms with E-state index in [9.17, 15) is 9.59 Å². The van der Waals surface area contributed by atoms with E-state index in [1.165, 1.54) is 12.8 Å². The SMILES string of the molecule is CC(C)C(=O)N1CCC(NC(=O)C2CCCCCN2)CC1. The van der Waals surface area contributed by atoms with Gasteiger partial charge in [-0.15, -0.1) is 0 Å². The Morgan fingerprint density at radius 2 is 1.81 bits per heavy atom. The Hall–Kier alpha value is -1.10. The molecule has 0 aromatic carbocycles. The quantitative estimate of drug-likeness (QED) is 0.824. The van der Waals surface area contributed by atoms with Crippen molar-refractivity contribution in [1.29, 1.82) is 0 Å². The number of carbonyl (C=O) groups is 2. The van der Waals surface area contributed by atoms with Crippen LogP contribution in [0.2, 0.25) is 0 Å². The first kappa shape index (κ1) is 16.3. The van der Waals surface area contributed by atoms with Gasteiger partial charge in [-0.25, -0.2) is 0 Å². The van der Waals surface area contributed by atoms with E-state index in [0.717, 1.165) is 45.3 Å². The van der Waals surface area contributed by atoms with Gasteiger partial charge in [0.2, 0.25) is 11.8 Å². The molecule has 0 bridgehead atoms. The molecule has 5 nitrogen and oxygen atoms in total. The Labute approximate surface area is 127 Å². The molecule has 2 N–H and O–H groups in total. The van der Waals surface area contributed by atoms with Crippen LogP contribution in [0.15, 0.2) is 0 Å². The molecule has 0 aromatic rings. The van der Waals surface area contributed by atoms with Crippen LogP contribution in [0, 0.1) is 5.92 Å². The maximum absolute atomic E-state index is 12.3. The summed E-state index contributed by atoms with van der Waals surface area (Å²) in [5.41, 5.74) is 0. The highest BCUT2D eigenvalue weighted by molar-refractivity contribution is 5.82. The fourth-order valence-corrected chi connectivity index (χ4v) is 3.16. The summed E-state index contributed by atoms with van der Waals surface area (Å²) in [4.78, 5) is 26.2. The molecule has 0 aliphatic carbocycles. The molecule has 5 heteroatoms. The molecule has 2 aliphatic rings. The second-order valence-corrected chi connectivity index (χ2v) is 6.62. The van der Waals surface area contributed by atoms with Gasteiger partial charge in [0, 0.05) is 25.0 Å². The summed E-state index contributed by atoms with van der Waals surface area (Å²) in [7, 11) is 0. The number of hydrogen-bond donors (Lipinski definition) is 2. The van der Waals surface area contributed by atoms with Crippen LogP contribution in [-0.2, 0) is 9.59 Å². The molecule has 2 saturated heterocycles. The van der Waals surface area contributed by atoms with Crippen molar-refractivity contribution in [3.8, 4) is 0 Å². The van der Waals surface area contributed by atoms with Crippen molar-refractivity contribution in [3.63, 3.8) is 0 Å². The zero-order valence-corrected chi connectivity index (χ0v) is 13.4. The van der Waals surface area contributed by atoms with Gasteiger partial charge in [-0.3, -0.25) is 9.59 Å². The van der Waals surface area contributed by atoms with Crippen LogP contribution in [-0.4, -0.2) is 48.4 Å². The number of hydrogen-bond acceptors (Lipinski definition) is 3. The number of nitrogens with one attached hydrogen (secondary N) is 2. The van der Waals surface area contributed by atoms with Gasteiger partial charge in [-0.05, 0) is 32.2 Å². The lowest BCUT2D eigenvalue weighted by Crippen LogP contribution is -2.51. The van der Waals surface area contributed by atoms with Gasteiger partial charge < -0.3 is 15.5 Å². The second-order valence-electron chi connectivity index (χ2n) is 6.62. The topological polar surface area (TPSA) is 61.4 Å². The zero-order valence-electron chi connectivity index (χ0n) is 13.4. The molecule has 2 amide bonds. The molecular formula is C16H29N3O2. The molecule has 0 aromatic heterocycles. The van der Waals surface area contributed by atoms with Crippen molar-refractivity contribution in [2.24, 2.45) is 5.92 Å². The standard InChI is InChI=1S/C16H29N3O2/c1-12(2)16(21)19-10-7-13(8-11-19)18-15(20)14-6-4-3-5-9-17-14/h12-14,17H,3-11H2,1-2H3,(H,18,20). The molecule has 2 aliphatic heterocycles. The molecular weight excluding hydrogens is 266 g/mol. The van der Waals surface area contributed by atoms with Crippen molar-refractivity contribution in [2.75, 3.05) is 19.6 Å². The van der Waals surface area contributed by atoms with Gasteiger partial charge in [-0.1, -0.05) is 26.7 Å². The maximum Gasteiger partial charge on any atom is 0.237 e. The third-order valence-electron chi connectivity index (χ3n) is 4.52. The van der Waals surface area contributed by atoms with E-state index in [0.29, 0.717) is 0 Å². The van der Waals surface area contributed by atoms with Crippen LogP contribution in [0.3, 0.4) is 0 Å². The maximum atomic E-state index is 12.3. The van der Waals surface area contributed by atoms with E-state index in [2.05, 4.69) is 10.6 Å². The van der Waals surface area contributed by atoms with Gasteiger partial charge >= 0.3 is 0 Å². The molecule has 2 rings (SSSR count). The summed E-state index contributed by atoms with van der Waals surface area (Å²) in [5.74, 6) is 0.432. The first-order valence-corrected chi connectivity index (χ1v) is 8.40. The Balaban J connectivity index is 1.75. The van der Waals surface area contributed by atoms with Crippen molar-refractivity contribution < 1.29 is 9.59 Å². The number of amides is 2. The number of nitrogens with zero attached hydrogens (tertiary/aromatic N) is 1. The number of rotatable bonds is 3. The first-order valence-electron chi connectivity index (χ1n) is 8.40. The van der Waals surface area contributed by atoms with Crippen molar-refractivity contribution in [1.82, 2.24) is 15.5 Å². The number of piperidine rings is 1. The van der Waals surface area contributed by atoms with E-state index in [1.54, 1.807) is 0 Å². The lowest BCUT2D eigenvalue weighted by Gasteiger charge is -2.34. The minimum absolute atomic E-state index is 0.0252. The highest BCUT2D eigenvalue weighted by Gasteiger charge is 2.27. The molecule has 21 heavy (non-hydrogen) atoms. The van der Waals surface area contributed by atoms with E-state index >= 15 is 0 Å². The third kappa shape index (κ3) is 4.70. The summed E-state index contributed by atoms with van der Waals surface area (Å²) >= 11 is 0. The lowest BCUT2D eigenvalue weighted by atomic mass is 10.0. The van der Waals surface area contributed by atoms with Crippen LogP contribution in [0.25, 0.3) is 0 Å². The molecule has 2 fully saturated rings. The Bertz CT molecular complexity index is 355. The number of carbonyl (C=O) groups excluding carboxylic acids is 2. The molecule has 1 unspecified atom stereocenters. The average molecular weight is 295 g/mol. The van der Waals surface area contributed by atoms with Crippen LogP contribution < -0.4 is 10.6 Å². The molecule has 1 atom stereocenters. The fraction of sp³-hybridized carbons (Fsp3) is 0.875. The highest BCUT2D eigenvalue weighted by atomic mass is 16.2. The molecule has 0 spiro atoms. The van der Waals surface area contributed by atoms with E-state index < -0.39 is 0 Å². The van der Waals surface area contributed by atoms with Gasteiger partial charge in [0.15, 0.2) is 0 Å². The molecule has 2 heterocycles. The monoisotopic (exact) mass is 295 g/mol. The molecule has 120 valence electrons. The predicted molar refractivity (Wildman–Crippen MR) is 82.8 cm³/mol. The van der Waals surface area contributed by atoms with Crippen LogP contribution >= 0.6 is 0 Å². The molecule has 0 radical (unpaired) electrons. The van der Waals surface area contributed by atoms with Crippen molar-refractivity contribution in [3.05, 3.63) is 0 Å². The Kier molecular flexibility index (Phi) is 6.03. The van der Waals surface area contributed by atoms with Crippen LogP contribution in [0.1, 0.15) is 52.4 Å². The zero-order chi connectivity index (χ0) is 15.2.